The molecule has 2 rings (SSSR count). The lowest BCUT2D eigenvalue weighted by Gasteiger charge is -2.09. The van der Waals surface area contributed by atoms with Crippen LogP contribution >= 0.6 is 0 Å². The van der Waals surface area contributed by atoms with Crippen LogP contribution in [0.3, 0.4) is 0 Å². The predicted octanol–water partition coefficient (Wildman–Crippen LogP) is 2.88. The lowest BCUT2D eigenvalue weighted by atomic mass is 10.1. The van der Waals surface area contributed by atoms with Crippen molar-refractivity contribution < 1.29 is 4.79 Å². The number of aryl methyl sites for hydroxylation is 1. The summed E-state index contributed by atoms with van der Waals surface area (Å²) in [6, 6.07) is 9.65. The van der Waals surface area contributed by atoms with E-state index in [1.54, 1.807) is 18.2 Å². The van der Waals surface area contributed by atoms with Crippen molar-refractivity contribution in [1.82, 2.24) is 14.9 Å². The Morgan fingerprint density at radius 1 is 1.19 bits per heavy atom. The molecule has 0 unspecified atom stereocenters. The van der Waals surface area contributed by atoms with E-state index in [4.69, 9.17) is 0 Å². The molecule has 0 radical (unpaired) electrons. The summed E-state index contributed by atoms with van der Waals surface area (Å²) in [7, 11) is 3.73. The van der Waals surface area contributed by atoms with E-state index < -0.39 is 0 Å². The summed E-state index contributed by atoms with van der Waals surface area (Å²) in [5, 5.41) is 0. The maximum absolute atomic E-state index is 11.8. The topological polar surface area (TPSA) is 58.5 Å². The molecule has 1 aromatic heterocycles. The van der Waals surface area contributed by atoms with E-state index in [1.165, 1.54) is 6.92 Å². The number of Topliss-reactive ketones (excluding diaryl/α,β-unsaturated/α-hetero) is 1. The van der Waals surface area contributed by atoms with E-state index in [2.05, 4.69) is 15.0 Å². The quantitative estimate of drug-likeness (QED) is 0.491. The van der Waals surface area contributed by atoms with Gasteiger partial charge in [0, 0.05) is 19.7 Å². The van der Waals surface area contributed by atoms with Crippen LogP contribution in [0, 0.1) is 6.92 Å². The van der Waals surface area contributed by atoms with Crippen LogP contribution in [0.2, 0.25) is 0 Å². The lowest BCUT2D eigenvalue weighted by molar-refractivity contribution is 0.101. The Hall–Kier alpha value is -2.56. The van der Waals surface area contributed by atoms with Crippen molar-refractivity contribution in [2.45, 2.75) is 13.8 Å². The Labute approximate surface area is 124 Å². The van der Waals surface area contributed by atoms with Crippen molar-refractivity contribution >= 4 is 17.9 Å². The maximum Gasteiger partial charge on any atom is 0.168 e. The van der Waals surface area contributed by atoms with Gasteiger partial charge in [-0.3, -0.25) is 4.79 Å². The van der Waals surface area contributed by atoms with Gasteiger partial charge >= 0.3 is 0 Å². The Balaban J connectivity index is 2.59. The molecular formula is C16H18N4O. The van der Waals surface area contributed by atoms with Crippen molar-refractivity contribution in [3.63, 3.8) is 0 Å². The molecule has 0 aliphatic heterocycles. The van der Waals surface area contributed by atoms with Crippen LogP contribution in [0.25, 0.3) is 11.4 Å². The number of ketones is 1. The lowest BCUT2D eigenvalue weighted by Crippen LogP contribution is -2.09. The monoisotopic (exact) mass is 282 g/mol. The normalized spacial score (nSPS) is 10.9. The highest BCUT2D eigenvalue weighted by Crippen LogP contribution is 2.24. The van der Waals surface area contributed by atoms with Gasteiger partial charge in [-0.2, -0.15) is 0 Å². The molecule has 0 atom stereocenters. The average molecular weight is 282 g/mol. The molecule has 1 aromatic carbocycles. The second-order valence-electron chi connectivity index (χ2n) is 4.96. The Bertz CT molecular complexity index is 678. The molecule has 5 nitrogen and oxygen atoms in total. The number of benzene rings is 1. The molecule has 0 saturated heterocycles. The molecule has 1 heterocycles. The smallest absolute Gasteiger partial charge is 0.168 e. The van der Waals surface area contributed by atoms with E-state index >= 15 is 0 Å². The molecule has 0 saturated carbocycles. The van der Waals surface area contributed by atoms with Gasteiger partial charge in [-0.1, -0.05) is 30.3 Å². The van der Waals surface area contributed by atoms with Crippen LogP contribution in [0.15, 0.2) is 35.3 Å². The summed E-state index contributed by atoms with van der Waals surface area (Å²) >= 11 is 0. The van der Waals surface area contributed by atoms with Crippen LogP contribution < -0.4 is 0 Å². The molecular weight excluding hydrogens is 264 g/mol. The van der Waals surface area contributed by atoms with Crippen LogP contribution in [-0.4, -0.2) is 41.1 Å². The Kier molecular flexibility index (Phi) is 4.42. The Morgan fingerprint density at radius 3 is 2.43 bits per heavy atom. The number of aliphatic imine (C=N–C) groups is 1. The molecule has 0 N–H and O–H groups in total. The van der Waals surface area contributed by atoms with Gasteiger partial charge in [0.1, 0.15) is 0 Å². The zero-order chi connectivity index (χ0) is 15.4. The predicted molar refractivity (Wildman–Crippen MR) is 84.0 cm³/mol. The summed E-state index contributed by atoms with van der Waals surface area (Å²) in [6.45, 7) is 3.31. The molecule has 0 fully saturated rings. The highest BCUT2D eigenvalue weighted by atomic mass is 16.1. The van der Waals surface area contributed by atoms with E-state index in [9.17, 15) is 4.79 Å². The molecule has 21 heavy (non-hydrogen) atoms. The minimum atomic E-state index is -0.0852. The van der Waals surface area contributed by atoms with Gasteiger partial charge in [0.15, 0.2) is 17.4 Å². The number of hydrogen-bond donors (Lipinski definition) is 0. The summed E-state index contributed by atoms with van der Waals surface area (Å²) in [6.07, 6.45) is 1.63. The van der Waals surface area contributed by atoms with E-state index in [0.29, 0.717) is 22.9 Å². The number of aromatic nitrogens is 2. The van der Waals surface area contributed by atoms with Crippen molar-refractivity contribution in [2.75, 3.05) is 14.1 Å². The van der Waals surface area contributed by atoms with Gasteiger partial charge in [0.2, 0.25) is 0 Å². The summed E-state index contributed by atoms with van der Waals surface area (Å²) in [4.78, 5) is 26.8. The summed E-state index contributed by atoms with van der Waals surface area (Å²) < 4.78 is 0. The first-order valence-corrected chi connectivity index (χ1v) is 6.64. The highest BCUT2D eigenvalue weighted by Gasteiger charge is 2.15. The first kappa shape index (κ1) is 14.8. The second-order valence-corrected chi connectivity index (χ2v) is 4.96. The van der Waals surface area contributed by atoms with Crippen molar-refractivity contribution in [2.24, 2.45) is 4.99 Å². The second kappa shape index (κ2) is 6.26. The number of carbonyl (C=O) groups excluding carboxylic acids is 1. The SMILES string of the molecule is CC(=O)c1c(C)nc(-c2ccccc2)nc1N=CN(C)C. The first-order valence-electron chi connectivity index (χ1n) is 6.64. The van der Waals surface area contributed by atoms with Crippen molar-refractivity contribution in [1.29, 1.82) is 0 Å². The minimum Gasteiger partial charge on any atom is -0.369 e. The molecule has 0 amide bonds. The molecule has 2 aromatic rings. The number of nitrogens with zero attached hydrogens (tertiary/aromatic N) is 4. The van der Waals surface area contributed by atoms with Crippen LogP contribution in [0.4, 0.5) is 5.82 Å². The average Bonchev–Trinajstić information content (AvgIpc) is 2.45. The third-order valence-electron chi connectivity index (χ3n) is 2.87. The fourth-order valence-corrected chi connectivity index (χ4v) is 1.95. The molecule has 5 heteroatoms. The van der Waals surface area contributed by atoms with Crippen LogP contribution in [0.1, 0.15) is 23.0 Å². The van der Waals surface area contributed by atoms with E-state index in [-0.39, 0.29) is 5.78 Å². The van der Waals surface area contributed by atoms with Gasteiger partial charge in [-0.15, -0.1) is 0 Å². The van der Waals surface area contributed by atoms with E-state index in [0.717, 1.165) is 5.56 Å². The Morgan fingerprint density at radius 2 is 1.86 bits per heavy atom. The van der Waals surface area contributed by atoms with Crippen molar-refractivity contribution in [3.05, 3.63) is 41.6 Å². The highest BCUT2D eigenvalue weighted by molar-refractivity contribution is 5.99. The summed E-state index contributed by atoms with van der Waals surface area (Å²) in [5.74, 6) is 0.893. The first-order chi connectivity index (χ1) is 9.99. The van der Waals surface area contributed by atoms with Gasteiger partial charge in [-0.05, 0) is 13.8 Å². The molecule has 0 aliphatic carbocycles. The van der Waals surface area contributed by atoms with E-state index in [1.807, 2.05) is 44.4 Å². The molecule has 0 aliphatic rings. The fraction of sp³-hybridized carbons (Fsp3) is 0.250. The standard InChI is InChI=1S/C16H18N4O/c1-11-14(12(2)21)16(17-10-20(3)4)19-15(18-11)13-8-6-5-7-9-13/h5-10H,1-4H3. The fourth-order valence-electron chi connectivity index (χ4n) is 1.95. The minimum absolute atomic E-state index is 0.0852. The third kappa shape index (κ3) is 3.51. The molecule has 0 spiro atoms. The van der Waals surface area contributed by atoms with Crippen LogP contribution in [0.5, 0.6) is 0 Å². The van der Waals surface area contributed by atoms with Crippen molar-refractivity contribution in [3.8, 4) is 11.4 Å². The van der Waals surface area contributed by atoms with Gasteiger partial charge < -0.3 is 4.90 Å². The maximum atomic E-state index is 11.8. The molecule has 0 bridgehead atoms. The van der Waals surface area contributed by atoms with Gasteiger partial charge in [0.05, 0.1) is 17.6 Å². The van der Waals surface area contributed by atoms with Gasteiger partial charge in [-0.25, -0.2) is 15.0 Å². The number of hydrogen-bond acceptors (Lipinski definition) is 4. The zero-order valence-corrected chi connectivity index (χ0v) is 12.7. The number of rotatable bonds is 4. The summed E-state index contributed by atoms with van der Waals surface area (Å²) in [5.41, 5.74) is 2.01. The van der Waals surface area contributed by atoms with Crippen LogP contribution in [-0.2, 0) is 0 Å². The zero-order valence-electron chi connectivity index (χ0n) is 12.7. The molecule has 108 valence electrons. The van der Waals surface area contributed by atoms with Gasteiger partial charge in [0.25, 0.3) is 0 Å². The largest absolute Gasteiger partial charge is 0.369 e. The third-order valence-corrected chi connectivity index (χ3v) is 2.87. The number of carbonyl (C=O) groups is 1.